The largest absolute Gasteiger partial charge is 0.383 e. The van der Waals surface area contributed by atoms with Crippen molar-refractivity contribution in [3.8, 4) is 17.2 Å². The molecule has 3 aromatic heterocycles. The van der Waals surface area contributed by atoms with Gasteiger partial charge >= 0.3 is 0 Å². The van der Waals surface area contributed by atoms with Gasteiger partial charge in [0.25, 0.3) is 5.91 Å². The Kier molecular flexibility index (Phi) is 7.31. The van der Waals surface area contributed by atoms with Crippen molar-refractivity contribution in [3.05, 3.63) is 95.1 Å². The number of rotatable bonds is 7. The van der Waals surface area contributed by atoms with E-state index in [4.69, 9.17) is 5.73 Å². The number of fused-ring (bicyclic) bond motifs is 1. The SMILES string of the molecule is Cc1ccc([C@H](C)NC(=O)c2nc(C#N)cnc2N[C@H](C)c2ccc(-c3cn(C)c4ncnc(N)c34)cc2)cc1F. The van der Waals surface area contributed by atoms with Gasteiger partial charge in [0.1, 0.15) is 29.7 Å². The number of hydrogen-bond donors (Lipinski definition) is 3. The minimum atomic E-state index is -0.538. The van der Waals surface area contributed by atoms with E-state index in [1.54, 1.807) is 26.0 Å². The Balaban J connectivity index is 1.37. The van der Waals surface area contributed by atoms with E-state index in [2.05, 4.69) is 30.6 Å². The Morgan fingerprint density at radius 1 is 1.07 bits per heavy atom. The van der Waals surface area contributed by atoms with E-state index < -0.39 is 11.9 Å². The zero-order valence-corrected chi connectivity index (χ0v) is 23.0. The molecule has 0 aliphatic heterocycles. The number of hydrogen-bond acceptors (Lipinski definition) is 8. The summed E-state index contributed by atoms with van der Waals surface area (Å²) in [6.45, 7) is 5.35. The van der Waals surface area contributed by atoms with Crippen LogP contribution in [0.3, 0.4) is 0 Å². The first-order chi connectivity index (χ1) is 19.7. The molecule has 4 N–H and O–H groups in total. The lowest BCUT2D eigenvalue weighted by atomic mass is 10.0. The summed E-state index contributed by atoms with van der Waals surface area (Å²) >= 11 is 0. The highest BCUT2D eigenvalue weighted by Gasteiger charge is 2.21. The molecular weight excluding hydrogens is 521 g/mol. The van der Waals surface area contributed by atoms with E-state index in [1.165, 1.54) is 18.6 Å². The topological polar surface area (TPSA) is 147 Å². The Morgan fingerprint density at radius 3 is 2.51 bits per heavy atom. The molecule has 0 spiro atoms. The molecule has 206 valence electrons. The second-order valence-electron chi connectivity index (χ2n) is 9.87. The molecule has 1 amide bonds. The fraction of sp³-hybridized carbons (Fsp3) is 0.200. The minimum Gasteiger partial charge on any atom is -0.383 e. The number of amides is 1. The molecular formula is C30H28FN9O. The first kappa shape index (κ1) is 27.2. The van der Waals surface area contributed by atoms with Crippen molar-refractivity contribution in [3.63, 3.8) is 0 Å². The standard InChI is InChI=1S/C30H28FN9O/c1-16-5-6-21(11-24(16)31)18(3)38-30(41)26-28(34-13-22(12-32)39-26)37-17(2)19-7-9-20(10-8-19)23-14-40(4)29-25(23)27(33)35-15-36-29/h5-11,13-15,17-18H,1-4H3,(H,34,37)(H,38,41)(H2,33,35,36)/t17-,18+/m1/s1. The van der Waals surface area contributed by atoms with Crippen molar-refractivity contribution < 1.29 is 9.18 Å². The summed E-state index contributed by atoms with van der Waals surface area (Å²) in [6.07, 6.45) is 4.72. The van der Waals surface area contributed by atoms with Gasteiger partial charge < -0.3 is 20.9 Å². The molecule has 10 nitrogen and oxygen atoms in total. The van der Waals surface area contributed by atoms with E-state index in [-0.39, 0.29) is 29.1 Å². The second kappa shape index (κ2) is 11.0. The van der Waals surface area contributed by atoms with Crippen LogP contribution in [0.2, 0.25) is 0 Å². The molecule has 41 heavy (non-hydrogen) atoms. The van der Waals surface area contributed by atoms with Gasteiger partial charge in [-0.05, 0) is 49.1 Å². The first-order valence-electron chi connectivity index (χ1n) is 12.9. The molecule has 0 bridgehead atoms. The van der Waals surface area contributed by atoms with Crippen molar-refractivity contribution >= 4 is 28.6 Å². The normalized spacial score (nSPS) is 12.5. The number of halogens is 1. The lowest BCUT2D eigenvalue weighted by molar-refractivity contribution is 0.0935. The predicted octanol–water partition coefficient (Wildman–Crippen LogP) is 4.99. The van der Waals surface area contributed by atoms with Crippen LogP contribution in [0, 0.1) is 24.1 Å². The number of aryl methyl sites for hydroxylation is 2. The number of nitrogens with zero attached hydrogens (tertiary/aromatic N) is 6. The molecule has 3 heterocycles. The monoisotopic (exact) mass is 549 g/mol. The second-order valence-corrected chi connectivity index (χ2v) is 9.87. The highest BCUT2D eigenvalue weighted by Crippen LogP contribution is 2.33. The molecule has 0 radical (unpaired) electrons. The molecule has 0 aliphatic carbocycles. The molecule has 5 aromatic rings. The molecule has 0 fully saturated rings. The van der Waals surface area contributed by atoms with E-state index in [0.29, 0.717) is 16.9 Å². The molecule has 0 saturated heterocycles. The molecule has 2 aromatic carbocycles. The van der Waals surface area contributed by atoms with Crippen LogP contribution in [0.5, 0.6) is 0 Å². The minimum absolute atomic E-state index is 0.00470. The van der Waals surface area contributed by atoms with Crippen molar-refractivity contribution in [1.29, 1.82) is 5.26 Å². The van der Waals surface area contributed by atoms with E-state index >= 15 is 0 Å². The third kappa shape index (κ3) is 5.40. The lowest BCUT2D eigenvalue weighted by Gasteiger charge is -2.19. The summed E-state index contributed by atoms with van der Waals surface area (Å²) in [5.41, 5.74) is 10.8. The Labute approximate surface area is 236 Å². The number of carbonyl (C=O) groups is 1. The van der Waals surface area contributed by atoms with Crippen LogP contribution in [0.15, 0.2) is 61.2 Å². The van der Waals surface area contributed by atoms with E-state index in [9.17, 15) is 14.4 Å². The van der Waals surface area contributed by atoms with Gasteiger partial charge in [0.2, 0.25) is 0 Å². The van der Waals surface area contributed by atoms with Crippen LogP contribution in [-0.4, -0.2) is 30.4 Å². The Hall–Kier alpha value is -5.37. The lowest BCUT2D eigenvalue weighted by Crippen LogP contribution is -2.29. The average molecular weight is 550 g/mol. The Morgan fingerprint density at radius 2 is 1.80 bits per heavy atom. The number of benzene rings is 2. The van der Waals surface area contributed by atoms with Gasteiger partial charge in [0.15, 0.2) is 17.2 Å². The quantitative estimate of drug-likeness (QED) is 0.257. The van der Waals surface area contributed by atoms with Gasteiger partial charge in [-0.15, -0.1) is 0 Å². The van der Waals surface area contributed by atoms with Crippen LogP contribution in [0.25, 0.3) is 22.2 Å². The highest BCUT2D eigenvalue weighted by atomic mass is 19.1. The van der Waals surface area contributed by atoms with E-state index in [0.717, 1.165) is 27.7 Å². The summed E-state index contributed by atoms with van der Waals surface area (Å²) < 4.78 is 16.0. The van der Waals surface area contributed by atoms with Crippen molar-refractivity contribution in [2.75, 3.05) is 11.1 Å². The summed E-state index contributed by atoms with van der Waals surface area (Å²) in [5.74, 6) is -0.255. The summed E-state index contributed by atoms with van der Waals surface area (Å²) in [4.78, 5) is 30.2. The summed E-state index contributed by atoms with van der Waals surface area (Å²) in [7, 11) is 1.91. The third-order valence-electron chi connectivity index (χ3n) is 7.00. The number of nitrogens with two attached hydrogens (primary N) is 1. The van der Waals surface area contributed by atoms with Crippen LogP contribution in [0.4, 0.5) is 16.0 Å². The fourth-order valence-corrected chi connectivity index (χ4v) is 4.63. The average Bonchev–Trinajstić information content (AvgIpc) is 3.32. The maximum absolute atomic E-state index is 14.1. The number of nitrogens with one attached hydrogen (secondary N) is 2. The van der Waals surface area contributed by atoms with Gasteiger partial charge in [0.05, 0.1) is 23.7 Å². The number of carbonyl (C=O) groups excluding carboxylic acids is 1. The highest BCUT2D eigenvalue weighted by molar-refractivity contribution is 6.00. The number of aromatic nitrogens is 5. The molecule has 11 heteroatoms. The maximum atomic E-state index is 14.1. The van der Waals surface area contributed by atoms with Crippen LogP contribution < -0.4 is 16.4 Å². The van der Waals surface area contributed by atoms with Crippen LogP contribution in [-0.2, 0) is 7.05 Å². The summed E-state index contributed by atoms with van der Waals surface area (Å²) in [6, 6.07) is 13.9. The number of anilines is 2. The smallest absolute Gasteiger partial charge is 0.274 e. The summed E-state index contributed by atoms with van der Waals surface area (Å²) in [5, 5.41) is 16.2. The molecule has 2 atom stereocenters. The number of nitrogen functional groups attached to an aromatic ring is 1. The van der Waals surface area contributed by atoms with Gasteiger partial charge in [0, 0.05) is 18.8 Å². The maximum Gasteiger partial charge on any atom is 0.274 e. The zero-order valence-electron chi connectivity index (χ0n) is 23.0. The van der Waals surface area contributed by atoms with Gasteiger partial charge in [-0.1, -0.05) is 36.4 Å². The zero-order chi connectivity index (χ0) is 29.3. The van der Waals surface area contributed by atoms with Gasteiger partial charge in [-0.25, -0.2) is 24.3 Å². The van der Waals surface area contributed by atoms with Gasteiger partial charge in [-0.2, -0.15) is 5.26 Å². The van der Waals surface area contributed by atoms with Crippen LogP contribution >= 0.6 is 0 Å². The Bertz CT molecular complexity index is 1810. The molecule has 0 saturated carbocycles. The fourth-order valence-electron chi connectivity index (χ4n) is 4.63. The molecule has 0 aliphatic rings. The van der Waals surface area contributed by atoms with Crippen molar-refractivity contribution in [1.82, 2.24) is 29.8 Å². The van der Waals surface area contributed by atoms with Crippen molar-refractivity contribution in [2.45, 2.75) is 32.9 Å². The third-order valence-corrected chi connectivity index (χ3v) is 7.00. The van der Waals surface area contributed by atoms with Crippen LogP contribution in [0.1, 0.15) is 58.8 Å². The van der Waals surface area contributed by atoms with Crippen molar-refractivity contribution in [2.24, 2.45) is 7.05 Å². The number of nitriles is 1. The predicted molar refractivity (Wildman–Crippen MR) is 154 cm³/mol. The molecule has 5 rings (SSSR count). The first-order valence-corrected chi connectivity index (χ1v) is 12.9. The van der Waals surface area contributed by atoms with E-state index in [1.807, 2.05) is 55.1 Å². The molecule has 0 unspecified atom stereocenters. The van der Waals surface area contributed by atoms with Gasteiger partial charge in [-0.3, -0.25) is 4.79 Å².